The standard InChI is InChI=1S/C23H28N4O4/c1-31-13-10-24-22(29)17-6-4-9-20(14-17)26-21(28)16-25-19-8-5-7-18(15-19)23(30)27-11-2-3-12-27/h4-9,14-15,25H,2-3,10-13,16H2,1H3,(H,24,29)(H,26,28). The van der Waals surface area contributed by atoms with Crippen LogP contribution < -0.4 is 16.0 Å². The second-order valence-electron chi connectivity index (χ2n) is 7.31. The molecular formula is C23H28N4O4. The summed E-state index contributed by atoms with van der Waals surface area (Å²) in [5, 5.41) is 8.56. The summed E-state index contributed by atoms with van der Waals surface area (Å²) in [6.07, 6.45) is 2.08. The van der Waals surface area contributed by atoms with Crippen molar-refractivity contribution in [3.8, 4) is 0 Å². The number of amides is 3. The molecule has 1 fully saturated rings. The van der Waals surface area contributed by atoms with E-state index < -0.39 is 0 Å². The molecule has 3 rings (SSSR count). The van der Waals surface area contributed by atoms with E-state index in [1.54, 1.807) is 49.6 Å². The topological polar surface area (TPSA) is 99.8 Å². The Morgan fingerprint density at radius 3 is 2.39 bits per heavy atom. The average molecular weight is 425 g/mol. The third kappa shape index (κ3) is 6.55. The van der Waals surface area contributed by atoms with Crippen LogP contribution in [0.1, 0.15) is 33.6 Å². The van der Waals surface area contributed by atoms with Crippen molar-refractivity contribution in [3.63, 3.8) is 0 Å². The maximum atomic E-state index is 12.5. The number of rotatable bonds is 9. The number of hydrogen-bond acceptors (Lipinski definition) is 5. The van der Waals surface area contributed by atoms with Crippen molar-refractivity contribution in [2.75, 3.05) is 50.5 Å². The van der Waals surface area contributed by atoms with Gasteiger partial charge >= 0.3 is 0 Å². The van der Waals surface area contributed by atoms with E-state index in [1.807, 2.05) is 11.0 Å². The molecule has 3 N–H and O–H groups in total. The second kappa shape index (κ2) is 11.1. The maximum Gasteiger partial charge on any atom is 0.253 e. The fourth-order valence-corrected chi connectivity index (χ4v) is 3.36. The molecule has 8 heteroatoms. The Balaban J connectivity index is 1.52. The molecule has 0 radical (unpaired) electrons. The first kappa shape index (κ1) is 22.3. The van der Waals surface area contributed by atoms with Crippen LogP contribution >= 0.6 is 0 Å². The number of ether oxygens (including phenoxy) is 1. The van der Waals surface area contributed by atoms with Gasteiger partial charge < -0.3 is 25.6 Å². The lowest BCUT2D eigenvalue weighted by Gasteiger charge is -2.16. The quantitative estimate of drug-likeness (QED) is 0.537. The first-order valence-corrected chi connectivity index (χ1v) is 10.4. The van der Waals surface area contributed by atoms with E-state index in [0.29, 0.717) is 35.7 Å². The van der Waals surface area contributed by atoms with Crippen LogP contribution in [0.15, 0.2) is 48.5 Å². The fourth-order valence-electron chi connectivity index (χ4n) is 3.36. The van der Waals surface area contributed by atoms with Crippen LogP contribution in [-0.4, -0.2) is 62.5 Å². The van der Waals surface area contributed by atoms with Crippen LogP contribution in [0.4, 0.5) is 11.4 Å². The Bertz CT molecular complexity index is 925. The van der Waals surface area contributed by atoms with Crippen molar-refractivity contribution in [1.29, 1.82) is 0 Å². The van der Waals surface area contributed by atoms with Gasteiger partial charge in [0.05, 0.1) is 13.2 Å². The summed E-state index contributed by atoms with van der Waals surface area (Å²) in [6, 6.07) is 13.9. The predicted octanol–water partition coefficient (Wildman–Crippen LogP) is 2.35. The van der Waals surface area contributed by atoms with Gasteiger partial charge in [0.2, 0.25) is 5.91 Å². The van der Waals surface area contributed by atoms with Crippen LogP contribution in [0.3, 0.4) is 0 Å². The number of carbonyl (C=O) groups excluding carboxylic acids is 3. The van der Waals surface area contributed by atoms with E-state index in [4.69, 9.17) is 4.74 Å². The molecule has 0 spiro atoms. The van der Waals surface area contributed by atoms with Crippen LogP contribution in [0.25, 0.3) is 0 Å². The van der Waals surface area contributed by atoms with Crippen molar-refractivity contribution in [3.05, 3.63) is 59.7 Å². The molecule has 0 unspecified atom stereocenters. The molecule has 0 atom stereocenters. The molecule has 0 aliphatic carbocycles. The van der Waals surface area contributed by atoms with E-state index in [-0.39, 0.29) is 24.3 Å². The van der Waals surface area contributed by atoms with Crippen molar-refractivity contribution < 1.29 is 19.1 Å². The first-order valence-electron chi connectivity index (χ1n) is 10.4. The summed E-state index contributed by atoms with van der Waals surface area (Å²) >= 11 is 0. The Kier molecular flexibility index (Phi) is 8.00. The summed E-state index contributed by atoms with van der Waals surface area (Å²) in [5.41, 5.74) is 2.30. The molecule has 8 nitrogen and oxygen atoms in total. The van der Waals surface area contributed by atoms with E-state index in [2.05, 4.69) is 16.0 Å². The third-order valence-corrected chi connectivity index (χ3v) is 4.96. The largest absolute Gasteiger partial charge is 0.383 e. The lowest BCUT2D eigenvalue weighted by molar-refractivity contribution is -0.114. The van der Waals surface area contributed by atoms with Gasteiger partial charge in [-0.2, -0.15) is 0 Å². The van der Waals surface area contributed by atoms with Crippen LogP contribution in [-0.2, 0) is 9.53 Å². The van der Waals surface area contributed by atoms with Gasteiger partial charge in [0.25, 0.3) is 11.8 Å². The van der Waals surface area contributed by atoms with Crippen LogP contribution in [0.5, 0.6) is 0 Å². The summed E-state index contributed by atoms with van der Waals surface area (Å²) in [6.45, 7) is 2.46. The van der Waals surface area contributed by atoms with Gasteiger partial charge in [0.15, 0.2) is 0 Å². The second-order valence-corrected chi connectivity index (χ2v) is 7.31. The number of methoxy groups -OCH3 is 1. The molecule has 0 saturated carbocycles. The normalized spacial score (nSPS) is 13.0. The fraction of sp³-hybridized carbons (Fsp3) is 0.348. The SMILES string of the molecule is COCCNC(=O)c1cccc(NC(=O)CNc2cccc(C(=O)N3CCCC3)c2)c1. The van der Waals surface area contributed by atoms with Gasteiger partial charge in [-0.25, -0.2) is 0 Å². The molecule has 1 aliphatic heterocycles. The van der Waals surface area contributed by atoms with E-state index in [1.165, 1.54) is 0 Å². The number of nitrogens with zero attached hydrogens (tertiary/aromatic N) is 1. The van der Waals surface area contributed by atoms with Gasteiger partial charge in [-0.15, -0.1) is 0 Å². The average Bonchev–Trinajstić information content (AvgIpc) is 3.33. The summed E-state index contributed by atoms with van der Waals surface area (Å²) in [5.74, 6) is -0.467. The molecular weight excluding hydrogens is 396 g/mol. The van der Waals surface area contributed by atoms with Crippen molar-refractivity contribution in [1.82, 2.24) is 10.2 Å². The molecule has 164 valence electrons. The number of carbonyl (C=O) groups is 3. The zero-order valence-electron chi connectivity index (χ0n) is 17.6. The van der Waals surface area contributed by atoms with Gasteiger partial charge in [0, 0.05) is 49.2 Å². The molecule has 1 heterocycles. The maximum absolute atomic E-state index is 12.5. The molecule has 0 bridgehead atoms. The Morgan fingerprint density at radius 1 is 0.968 bits per heavy atom. The zero-order valence-corrected chi connectivity index (χ0v) is 17.6. The number of anilines is 2. The number of hydrogen-bond donors (Lipinski definition) is 3. The van der Waals surface area contributed by atoms with Crippen LogP contribution in [0, 0.1) is 0 Å². The number of nitrogens with one attached hydrogen (secondary N) is 3. The summed E-state index contributed by atoms with van der Waals surface area (Å²) < 4.78 is 4.91. The highest BCUT2D eigenvalue weighted by Gasteiger charge is 2.19. The first-order chi connectivity index (χ1) is 15.1. The minimum Gasteiger partial charge on any atom is -0.383 e. The van der Waals surface area contributed by atoms with Crippen molar-refractivity contribution in [2.45, 2.75) is 12.8 Å². The highest BCUT2D eigenvalue weighted by Crippen LogP contribution is 2.16. The Morgan fingerprint density at radius 2 is 1.65 bits per heavy atom. The molecule has 31 heavy (non-hydrogen) atoms. The Hall–Kier alpha value is -3.39. The van der Waals surface area contributed by atoms with E-state index in [0.717, 1.165) is 25.9 Å². The summed E-state index contributed by atoms with van der Waals surface area (Å²) in [4.78, 5) is 38.8. The molecule has 0 aromatic heterocycles. The van der Waals surface area contributed by atoms with Crippen LogP contribution in [0.2, 0.25) is 0 Å². The molecule has 1 saturated heterocycles. The van der Waals surface area contributed by atoms with Gasteiger partial charge in [0.1, 0.15) is 0 Å². The lowest BCUT2D eigenvalue weighted by atomic mass is 10.1. The molecule has 1 aliphatic rings. The molecule has 2 aromatic rings. The highest BCUT2D eigenvalue weighted by atomic mass is 16.5. The minimum atomic E-state index is -0.256. The summed E-state index contributed by atoms with van der Waals surface area (Å²) in [7, 11) is 1.57. The van der Waals surface area contributed by atoms with E-state index in [9.17, 15) is 14.4 Å². The minimum absolute atomic E-state index is 0.0196. The highest BCUT2D eigenvalue weighted by molar-refractivity contribution is 5.98. The number of benzene rings is 2. The van der Waals surface area contributed by atoms with Gasteiger partial charge in [-0.3, -0.25) is 14.4 Å². The Labute approximate surface area is 182 Å². The van der Waals surface area contributed by atoms with Crippen molar-refractivity contribution in [2.24, 2.45) is 0 Å². The zero-order chi connectivity index (χ0) is 22.1. The monoisotopic (exact) mass is 424 g/mol. The van der Waals surface area contributed by atoms with Crippen molar-refractivity contribution >= 4 is 29.1 Å². The van der Waals surface area contributed by atoms with Gasteiger partial charge in [-0.05, 0) is 49.2 Å². The predicted molar refractivity (Wildman–Crippen MR) is 119 cm³/mol. The number of likely N-dealkylation sites (tertiary alicyclic amines) is 1. The molecule has 2 aromatic carbocycles. The molecule has 3 amide bonds. The smallest absolute Gasteiger partial charge is 0.253 e. The third-order valence-electron chi connectivity index (χ3n) is 4.96. The lowest BCUT2D eigenvalue weighted by Crippen LogP contribution is -2.28. The van der Waals surface area contributed by atoms with E-state index >= 15 is 0 Å². The van der Waals surface area contributed by atoms with Gasteiger partial charge in [-0.1, -0.05) is 12.1 Å².